The molecule has 2 N–H and O–H groups in total. The van der Waals surface area contributed by atoms with Gasteiger partial charge in [0, 0.05) is 20.3 Å². The van der Waals surface area contributed by atoms with E-state index in [0.29, 0.717) is 22.3 Å². The quantitative estimate of drug-likeness (QED) is 0.859. The number of fused-ring (bicyclic) bond motifs is 1. The molecule has 3 rings (SSSR count). The summed E-state index contributed by atoms with van der Waals surface area (Å²) in [5.74, 6) is -0.841. The molecule has 0 unspecified atom stereocenters. The molecule has 2 aromatic rings. The van der Waals surface area contributed by atoms with Crippen LogP contribution >= 0.6 is 0 Å². The number of carbonyl (C=O) groups excluding carboxylic acids is 1. The molecule has 0 bridgehead atoms. The second kappa shape index (κ2) is 5.19. The van der Waals surface area contributed by atoms with Gasteiger partial charge in [0.25, 0.3) is 5.91 Å². The van der Waals surface area contributed by atoms with E-state index in [1.54, 1.807) is 6.92 Å². The largest absolute Gasteiger partial charge is 0.364 e. The number of rotatable bonds is 2. The minimum absolute atomic E-state index is 0.188. The molecular weight excluding hydrogens is 297 g/mol. The van der Waals surface area contributed by atoms with Gasteiger partial charge in [0.15, 0.2) is 0 Å². The van der Waals surface area contributed by atoms with Crippen LogP contribution in [0.15, 0.2) is 12.3 Å². The van der Waals surface area contributed by atoms with Crippen LogP contribution in [0.4, 0.5) is 4.39 Å². The van der Waals surface area contributed by atoms with Gasteiger partial charge in [-0.3, -0.25) is 4.79 Å². The van der Waals surface area contributed by atoms with Gasteiger partial charge in [0.05, 0.1) is 5.39 Å². The third-order valence-electron chi connectivity index (χ3n) is 4.99. The number of hydrogen-bond donors (Lipinski definition) is 1. The van der Waals surface area contributed by atoms with E-state index in [0.717, 1.165) is 12.8 Å². The molecule has 4 nitrogen and oxygen atoms in total. The van der Waals surface area contributed by atoms with Gasteiger partial charge in [-0.1, -0.05) is 25.2 Å². The molecule has 0 aromatic carbocycles. The van der Waals surface area contributed by atoms with Crippen molar-refractivity contribution in [2.24, 2.45) is 5.73 Å². The summed E-state index contributed by atoms with van der Waals surface area (Å²) in [6.45, 7) is 6.55. The maximum atomic E-state index is 14.2. The average molecular weight is 319 g/mol. The van der Waals surface area contributed by atoms with Crippen molar-refractivity contribution in [3.05, 3.63) is 29.3 Å². The van der Waals surface area contributed by atoms with E-state index in [2.05, 4.69) is 18.1 Å². The normalized spacial score (nSPS) is 18.7. The molecule has 6 heteroatoms. The van der Waals surface area contributed by atoms with Crippen LogP contribution < -0.4 is 5.73 Å². The standard InChI is InChI=1S/C16H22FN3OSi/c1-10-13-12(17)4-7-19-16(13)20(14(10)15(18)21)11-5-8-22(2,3)9-6-11/h4,7,11H,5-6,8-9H2,1-3H3,(H2,18,21). The number of hydrogen-bond acceptors (Lipinski definition) is 2. The zero-order valence-corrected chi connectivity index (χ0v) is 14.3. The Hall–Kier alpha value is -1.69. The van der Waals surface area contributed by atoms with Crippen molar-refractivity contribution in [2.75, 3.05) is 0 Å². The number of aromatic nitrogens is 2. The number of nitrogens with two attached hydrogens (primary N) is 1. The molecule has 0 aliphatic carbocycles. The molecule has 0 atom stereocenters. The van der Waals surface area contributed by atoms with Gasteiger partial charge in [-0.15, -0.1) is 0 Å². The fourth-order valence-electron chi connectivity index (χ4n) is 3.66. The molecule has 1 aliphatic heterocycles. The molecular formula is C16H22FN3OSi. The Balaban J connectivity index is 2.18. The lowest BCUT2D eigenvalue weighted by Gasteiger charge is -2.34. The highest BCUT2D eigenvalue weighted by molar-refractivity contribution is 6.77. The molecule has 1 aliphatic rings. The van der Waals surface area contributed by atoms with Crippen molar-refractivity contribution in [3.63, 3.8) is 0 Å². The summed E-state index contributed by atoms with van der Waals surface area (Å²) in [5.41, 5.74) is 7.16. The first-order valence-corrected chi connectivity index (χ1v) is 11.2. The molecule has 1 saturated heterocycles. The first-order valence-electron chi connectivity index (χ1n) is 7.76. The molecule has 118 valence electrons. The molecule has 22 heavy (non-hydrogen) atoms. The number of halogens is 1. The second-order valence-electron chi connectivity index (χ2n) is 7.09. The summed E-state index contributed by atoms with van der Waals surface area (Å²) in [7, 11) is -1.11. The van der Waals surface area contributed by atoms with Crippen molar-refractivity contribution in [1.82, 2.24) is 9.55 Å². The highest BCUT2D eigenvalue weighted by atomic mass is 28.3. The van der Waals surface area contributed by atoms with Gasteiger partial charge in [0.2, 0.25) is 0 Å². The van der Waals surface area contributed by atoms with Crippen LogP contribution in [0.1, 0.15) is 34.9 Å². The first kappa shape index (κ1) is 15.2. The van der Waals surface area contributed by atoms with E-state index in [1.165, 1.54) is 24.4 Å². The van der Waals surface area contributed by atoms with Gasteiger partial charge in [0.1, 0.15) is 17.2 Å². The number of aryl methyl sites for hydroxylation is 1. The molecule has 1 fully saturated rings. The smallest absolute Gasteiger partial charge is 0.265 e. The van der Waals surface area contributed by atoms with E-state index >= 15 is 0 Å². The van der Waals surface area contributed by atoms with Crippen LogP contribution in [0.5, 0.6) is 0 Å². The fraction of sp³-hybridized carbons (Fsp3) is 0.500. The molecule has 2 aromatic heterocycles. The van der Waals surface area contributed by atoms with Crippen molar-refractivity contribution in [2.45, 2.75) is 51.0 Å². The van der Waals surface area contributed by atoms with Crippen molar-refractivity contribution >= 4 is 25.0 Å². The number of amides is 1. The first-order chi connectivity index (χ1) is 10.3. The number of nitrogens with zero attached hydrogens (tertiary/aromatic N) is 2. The Bertz CT molecular complexity index is 743. The summed E-state index contributed by atoms with van der Waals surface area (Å²) >= 11 is 0. The zero-order valence-electron chi connectivity index (χ0n) is 13.3. The minimum atomic E-state index is -1.11. The topological polar surface area (TPSA) is 60.9 Å². The van der Waals surface area contributed by atoms with Gasteiger partial charge in [-0.05, 0) is 31.4 Å². The van der Waals surface area contributed by atoms with E-state index in [9.17, 15) is 9.18 Å². The van der Waals surface area contributed by atoms with Crippen molar-refractivity contribution < 1.29 is 9.18 Å². The summed E-state index contributed by atoms with van der Waals surface area (Å²) in [4.78, 5) is 16.3. The Labute approximate surface area is 130 Å². The molecule has 0 spiro atoms. The highest BCUT2D eigenvalue weighted by Gasteiger charge is 2.33. The fourth-order valence-corrected chi connectivity index (χ4v) is 6.14. The van der Waals surface area contributed by atoms with Crippen molar-refractivity contribution in [3.8, 4) is 0 Å². The van der Waals surface area contributed by atoms with E-state index in [4.69, 9.17) is 5.73 Å². The van der Waals surface area contributed by atoms with Crippen LogP contribution in [0.3, 0.4) is 0 Å². The lowest BCUT2D eigenvalue weighted by Crippen LogP contribution is -2.33. The third kappa shape index (κ3) is 2.35. The Morgan fingerprint density at radius 3 is 2.64 bits per heavy atom. The summed E-state index contributed by atoms with van der Waals surface area (Å²) < 4.78 is 16.1. The van der Waals surface area contributed by atoms with Crippen LogP contribution in [0.2, 0.25) is 25.2 Å². The predicted molar refractivity (Wildman–Crippen MR) is 88.3 cm³/mol. The van der Waals surface area contributed by atoms with Gasteiger partial charge in [-0.25, -0.2) is 9.37 Å². The van der Waals surface area contributed by atoms with Crippen molar-refractivity contribution in [1.29, 1.82) is 0 Å². The molecule has 0 radical (unpaired) electrons. The van der Waals surface area contributed by atoms with Gasteiger partial charge >= 0.3 is 0 Å². The average Bonchev–Trinajstić information content (AvgIpc) is 2.73. The Morgan fingerprint density at radius 1 is 1.41 bits per heavy atom. The lowest BCUT2D eigenvalue weighted by molar-refractivity contribution is 0.0988. The number of pyridine rings is 1. The number of primary amides is 1. The van der Waals surface area contributed by atoms with Crippen LogP contribution in [0, 0.1) is 12.7 Å². The Morgan fingerprint density at radius 2 is 2.05 bits per heavy atom. The monoisotopic (exact) mass is 319 g/mol. The molecule has 0 saturated carbocycles. The van der Waals surface area contributed by atoms with E-state index in [-0.39, 0.29) is 11.9 Å². The zero-order chi connectivity index (χ0) is 16.1. The predicted octanol–water partition coefficient (Wildman–Crippen LogP) is 3.63. The van der Waals surface area contributed by atoms with Crippen LogP contribution in [-0.2, 0) is 0 Å². The lowest BCUT2D eigenvalue weighted by atomic mass is 10.1. The van der Waals surface area contributed by atoms with Crippen LogP contribution in [-0.4, -0.2) is 23.5 Å². The SMILES string of the molecule is Cc1c(C(N)=O)n(C2CC[Si](C)(C)CC2)c2nccc(F)c12. The van der Waals surface area contributed by atoms with E-state index in [1.807, 2.05) is 4.57 Å². The number of carbonyl (C=O) groups is 1. The van der Waals surface area contributed by atoms with E-state index < -0.39 is 14.0 Å². The minimum Gasteiger partial charge on any atom is -0.364 e. The summed E-state index contributed by atoms with van der Waals surface area (Å²) in [6, 6.07) is 3.95. The van der Waals surface area contributed by atoms with Crippen LogP contribution in [0.25, 0.3) is 11.0 Å². The molecule has 1 amide bonds. The molecule has 3 heterocycles. The highest BCUT2D eigenvalue weighted by Crippen LogP contribution is 2.39. The Kier molecular flexibility index (Phi) is 3.59. The van der Waals surface area contributed by atoms with Gasteiger partial charge in [-0.2, -0.15) is 0 Å². The third-order valence-corrected chi connectivity index (χ3v) is 8.27. The van der Waals surface area contributed by atoms with Gasteiger partial charge < -0.3 is 10.3 Å². The maximum Gasteiger partial charge on any atom is 0.265 e. The maximum absolute atomic E-state index is 14.2. The second-order valence-corrected chi connectivity index (χ2v) is 12.4. The summed E-state index contributed by atoms with van der Waals surface area (Å²) in [6.07, 6.45) is 3.49. The summed E-state index contributed by atoms with van der Waals surface area (Å²) in [5, 5.41) is 0.429.